The van der Waals surface area contributed by atoms with E-state index in [1.54, 1.807) is 13.0 Å². The van der Waals surface area contributed by atoms with E-state index in [1.807, 2.05) is 0 Å². The molecule has 0 aromatic carbocycles. The number of hydrogen-bond donors (Lipinski definition) is 0. The van der Waals surface area contributed by atoms with Crippen LogP contribution in [0, 0.1) is 6.92 Å². The summed E-state index contributed by atoms with van der Waals surface area (Å²) in [6.45, 7) is 1.26. The molecule has 1 amide bonds. The van der Waals surface area contributed by atoms with Crippen molar-refractivity contribution >= 4 is 17.0 Å². The minimum Gasteiger partial charge on any atom is -0.336 e. The summed E-state index contributed by atoms with van der Waals surface area (Å²) in [6.07, 6.45) is 1.77. The van der Waals surface area contributed by atoms with E-state index in [0.717, 1.165) is 18.5 Å². The zero-order chi connectivity index (χ0) is 15.5. The molecular formula is C15H15F2N3O2. The first kappa shape index (κ1) is 13.6. The third kappa shape index (κ3) is 2.15. The van der Waals surface area contributed by atoms with Crippen molar-refractivity contribution in [2.75, 3.05) is 13.1 Å². The van der Waals surface area contributed by atoms with Gasteiger partial charge in [0, 0.05) is 24.6 Å². The molecule has 1 aliphatic carbocycles. The number of likely N-dealkylation sites (tertiary alicyclic amines) is 1. The normalized spacial score (nSPS) is 20.8. The summed E-state index contributed by atoms with van der Waals surface area (Å²) < 4.78 is 32.0. The molecule has 2 aromatic heterocycles. The maximum absolute atomic E-state index is 13.4. The number of rotatable bonds is 2. The van der Waals surface area contributed by atoms with Crippen LogP contribution < -0.4 is 0 Å². The molecule has 3 heterocycles. The van der Waals surface area contributed by atoms with Gasteiger partial charge in [0.05, 0.1) is 23.2 Å². The van der Waals surface area contributed by atoms with E-state index in [2.05, 4.69) is 10.1 Å². The Labute approximate surface area is 125 Å². The van der Waals surface area contributed by atoms with Crippen molar-refractivity contribution in [3.8, 4) is 0 Å². The third-order valence-corrected chi connectivity index (χ3v) is 4.32. The fourth-order valence-electron chi connectivity index (χ4n) is 2.95. The van der Waals surface area contributed by atoms with E-state index in [9.17, 15) is 13.6 Å². The fraction of sp³-hybridized carbons (Fsp3) is 0.533. The minimum atomic E-state index is -2.80. The number of carbonyl (C=O) groups is 1. The SMILES string of the molecule is Cc1noc2nc(C3CC3)cc(C(=O)N3CCC(F)(F)C3)c12. The zero-order valence-electron chi connectivity index (χ0n) is 12.1. The molecule has 0 N–H and O–H groups in total. The Morgan fingerprint density at radius 3 is 2.86 bits per heavy atom. The number of halogens is 2. The van der Waals surface area contributed by atoms with Crippen LogP contribution in [0.15, 0.2) is 10.6 Å². The molecule has 0 radical (unpaired) electrons. The van der Waals surface area contributed by atoms with Crippen molar-refractivity contribution in [2.45, 2.75) is 38.0 Å². The predicted molar refractivity (Wildman–Crippen MR) is 74.0 cm³/mol. The third-order valence-electron chi connectivity index (χ3n) is 4.32. The number of aromatic nitrogens is 2. The van der Waals surface area contributed by atoms with Crippen LogP contribution in [0.4, 0.5) is 8.78 Å². The number of pyridine rings is 1. The molecule has 1 saturated heterocycles. The second kappa shape index (κ2) is 4.47. The lowest BCUT2D eigenvalue weighted by Gasteiger charge is -2.17. The second-order valence-corrected chi connectivity index (χ2v) is 6.15. The molecule has 2 aromatic rings. The van der Waals surface area contributed by atoms with Gasteiger partial charge in [0.1, 0.15) is 0 Å². The summed E-state index contributed by atoms with van der Waals surface area (Å²) in [5, 5.41) is 4.39. The Bertz CT molecular complexity index is 767. The summed E-state index contributed by atoms with van der Waals surface area (Å²) in [6, 6.07) is 1.73. The van der Waals surface area contributed by atoms with E-state index in [-0.39, 0.29) is 13.0 Å². The lowest BCUT2D eigenvalue weighted by atomic mass is 10.1. The number of nitrogens with zero attached hydrogens (tertiary/aromatic N) is 3. The van der Waals surface area contributed by atoms with Crippen molar-refractivity contribution in [1.82, 2.24) is 15.0 Å². The van der Waals surface area contributed by atoms with Crippen molar-refractivity contribution < 1.29 is 18.1 Å². The molecule has 5 nitrogen and oxygen atoms in total. The highest BCUT2D eigenvalue weighted by atomic mass is 19.3. The monoisotopic (exact) mass is 307 g/mol. The molecule has 1 saturated carbocycles. The van der Waals surface area contributed by atoms with Gasteiger partial charge in [-0.15, -0.1) is 0 Å². The number of carbonyl (C=O) groups excluding carboxylic acids is 1. The van der Waals surface area contributed by atoms with Crippen LogP contribution in [0.1, 0.15) is 46.9 Å². The predicted octanol–water partition coefficient (Wildman–Crippen LogP) is 2.89. The summed E-state index contributed by atoms with van der Waals surface area (Å²) in [5.41, 5.74) is 2.04. The molecule has 0 unspecified atom stereocenters. The van der Waals surface area contributed by atoms with E-state index in [4.69, 9.17) is 4.52 Å². The second-order valence-electron chi connectivity index (χ2n) is 6.15. The van der Waals surface area contributed by atoms with Gasteiger partial charge >= 0.3 is 0 Å². The van der Waals surface area contributed by atoms with Gasteiger partial charge in [-0.1, -0.05) is 5.16 Å². The van der Waals surface area contributed by atoms with E-state index in [0.29, 0.717) is 28.3 Å². The van der Waals surface area contributed by atoms with E-state index >= 15 is 0 Å². The molecule has 0 bridgehead atoms. The molecule has 116 valence electrons. The van der Waals surface area contributed by atoms with Crippen LogP contribution in [0.25, 0.3) is 11.1 Å². The summed E-state index contributed by atoms with van der Waals surface area (Å²) >= 11 is 0. The van der Waals surface area contributed by atoms with Crippen LogP contribution >= 0.6 is 0 Å². The standard InChI is InChI=1S/C15H15F2N3O2/c1-8-12-10(14(21)20-5-4-15(16,17)7-20)6-11(9-2-3-9)18-13(12)22-19-8/h6,9H,2-5,7H2,1H3. The molecule has 1 aliphatic heterocycles. The molecule has 0 atom stereocenters. The van der Waals surface area contributed by atoms with Crippen molar-refractivity contribution in [3.05, 3.63) is 23.0 Å². The van der Waals surface area contributed by atoms with Crippen LogP contribution in [-0.2, 0) is 0 Å². The molecule has 2 fully saturated rings. The van der Waals surface area contributed by atoms with E-state index < -0.39 is 18.4 Å². The first-order valence-electron chi connectivity index (χ1n) is 7.39. The first-order chi connectivity index (χ1) is 10.4. The quantitative estimate of drug-likeness (QED) is 0.856. The highest BCUT2D eigenvalue weighted by Crippen LogP contribution is 2.41. The van der Waals surface area contributed by atoms with Crippen molar-refractivity contribution in [2.24, 2.45) is 0 Å². The highest BCUT2D eigenvalue weighted by molar-refractivity contribution is 6.06. The smallest absolute Gasteiger partial charge is 0.267 e. The minimum absolute atomic E-state index is 0.0682. The van der Waals surface area contributed by atoms with E-state index in [1.165, 1.54) is 4.90 Å². The number of alkyl halides is 2. The molecule has 2 aliphatic rings. The Morgan fingerprint density at radius 1 is 1.45 bits per heavy atom. The van der Waals surface area contributed by atoms with Crippen molar-refractivity contribution in [1.29, 1.82) is 0 Å². The number of aryl methyl sites for hydroxylation is 1. The number of hydrogen-bond acceptors (Lipinski definition) is 4. The Kier molecular flexibility index (Phi) is 2.76. The molecule has 7 heteroatoms. The lowest BCUT2D eigenvalue weighted by molar-refractivity contribution is 0.0120. The van der Waals surface area contributed by atoms with Crippen LogP contribution in [-0.4, -0.2) is 40.0 Å². The zero-order valence-corrected chi connectivity index (χ0v) is 12.1. The Balaban J connectivity index is 1.79. The maximum Gasteiger partial charge on any atom is 0.267 e. The Morgan fingerprint density at radius 2 is 2.23 bits per heavy atom. The average molecular weight is 307 g/mol. The molecular weight excluding hydrogens is 292 g/mol. The lowest BCUT2D eigenvalue weighted by Crippen LogP contribution is -2.31. The fourth-order valence-corrected chi connectivity index (χ4v) is 2.95. The summed E-state index contributed by atoms with van der Waals surface area (Å²) in [4.78, 5) is 18.3. The van der Waals surface area contributed by atoms with Gasteiger partial charge in [-0.3, -0.25) is 4.79 Å². The van der Waals surface area contributed by atoms with Gasteiger partial charge in [0.2, 0.25) is 0 Å². The van der Waals surface area contributed by atoms with Crippen molar-refractivity contribution in [3.63, 3.8) is 0 Å². The maximum atomic E-state index is 13.4. The van der Waals surface area contributed by atoms with Crippen LogP contribution in [0.5, 0.6) is 0 Å². The van der Waals surface area contributed by atoms with Gasteiger partial charge in [-0.25, -0.2) is 13.8 Å². The Hall–Kier alpha value is -2.05. The molecule has 0 spiro atoms. The average Bonchev–Trinajstić information content (AvgIpc) is 3.18. The number of fused-ring (bicyclic) bond motifs is 1. The van der Waals surface area contributed by atoms with Gasteiger partial charge in [-0.05, 0) is 25.8 Å². The van der Waals surface area contributed by atoms with Gasteiger partial charge in [0.25, 0.3) is 17.5 Å². The largest absolute Gasteiger partial charge is 0.336 e. The number of amides is 1. The summed E-state index contributed by atoms with van der Waals surface area (Å²) in [5.74, 6) is -2.86. The summed E-state index contributed by atoms with van der Waals surface area (Å²) in [7, 11) is 0. The molecule has 4 rings (SSSR count). The molecule has 22 heavy (non-hydrogen) atoms. The van der Waals surface area contributed by atoms with Gasteiger partial charge < -0.3 is 9.42 Å². The van der Waals surface area contributed by atoms with Gasteiger partial charge in [0.15, 0.2) is 0 Å². The topological polar surface area (TPSA) is 59.2 Å². The first-order valence-corrected chi connectivity index (χ1v) is 7.39. The van der Waals surface area contributed by atoms with Crippen LogP contribution in [0.3, 0.4) is 0 Å². The van der Waals surface area contributed by atoms with Crippen LogP contribution in [0.2, 0.25) is 0 Å². The van der Waals surface area contributed by atoms with Gasteiger partial charge in [-0.2, -0.15) is 0 Å². The highest BCUT2D eigenvalue weighted by Gasteiger charge is 2.41.